The number of methoxy groups -OCH3 is 1. The van der Waals surface area contributed by atoms with E-state index in [1.807, 2.05) is 19.1 Å². The highest BCUT2D eigenvalue weighted by atomic mass is 79.9. The molecule has 2 rings (SSSR count). The second-order valence-corrected chi connectivity index (χ2v) is 5.83. The number of hydrogen-bond acceptors (Lipinski definition) is 4. The third kappa shape index (κ3) is 4.35. The third-order valence-electron chi connectivity index (χ3n) is 3.53. The molecule has 5 nitrogen and oxygen atoms in total. The zero-order valence-electron chi connectivity index (χ0n) is 12.5. The number of hydrogen-bond donors (Lipinski definition) is 0. The van der Waals surface area contributed by atoms with E-state index in [1.165, 1.54) is 0 Å². The molecule has 1 saturated heterocycles. The molecule has 6 heteroatoms. The summed E-state index contributed by atoms with van der Waals surface area (Å²) < 4.78 is 11.5. The molecule has 0 radical (unpaired) electrons. The number of benzene rings is 1. The minimum Gasteiger partial charge on any atom is -0.496 e. The Hall–Kier alpha value is -1.27. The smallest absolute Gasteiger partial charge is 0.409 e. The second kappa shape index (κ2) is 7.66. The summed E-state index contributed by atoms with van der Waals surface area (Å²) in [5.41, 5.74) is 1.15. The summed E-state index contributed by atoms with van der Waals surface area (Å²) in [6.07, 6.45) is -0.211. The summed E-state index contributed by atoms with van der Waals surface area (Å²) in [6.45, 7) is 6.16. The number of rotatable bonds is 4. The summed E-state index contributed by atoms with van der Waals surface area (Å²) in [6, 6.07) is 6.02. The van der Waals surface area contributed by atoms with Gasteiger partial charge in [-0.25, -0.2) is 4.79 Å². The molecule has 116 valence electrons. The van der Waals surface area contributed by atoms with Gasteiger partial charge in [0.05, 0.1) is 13.7 Å². The molecular weight excluding hydrogens is 336 g/mol. The third-order valence-corrected chi connectivity index (χ3v) is 4.03. The monoisotopic (exact) mass is 356 g/mol. The van der Waals surface area contributed by atoms with Crippen LogP contribution in [0, 0.1) is 0 Å². The maximum Gasteiger partial charge on any atom is 0.409 e. The van der Waals surface area contributed by atoms with Crippen LogP contribution in [-0.2, 0) is 11.3 Å². The Morgan fingerprint density at radius 3 is 2.62 bits per heavy atom. The van der Waals surface area contributed by atoms with Crippen LogP contribution in [0.1, 0.15) is 12.5 Å². The van der Waals surface area contributed by atoms with Crippen LogP contribution in [0.25, 0.3) is 0 Å². The zero-order chi connectivity index (χ0) is 15.2. The van der Waals surface area contributed by atoms with Gasteiger partial charge in [-0.2, -0.15) is 0 Å². The van der Waals surface area contributed by atoms with E-state index in [4.69, 9.17) is 9.47 Å². The zero-order valence-corrected chi connectivity index (χ0v) is 14.1. The minimum absolute atomic E-state index is 0.211. The highest BCUT2D eigenvalue weighted by Crippen LogP contribution is 2.24. The van der Waals surface area contributed by atoms with Crippen molar-refractivity contribution in [2.24, 2.45) is 0 Å². The highest BCUT2D eigenvalue weighted by Gasteiger charge is 2.22. The largest absolute Gasteiger partial charge is 0.496 e. The maximum atomic E-state index is 11.7. The number of piperazine rings is 1. The van der Waals surface area contributed by atoms with E-state index in [1.54, 1.807) is 12.0 Å². The van der Waals surface area contributed by atoms with Crippen LogP contribution in [0.15, 0.2) is 22.7 Å². The molecular formula is C15H21BrN2O3. The van der Waals surface area contributed by atoms with Gasteiger partial charge in [0.1, 0.15) is 5.75 Å². The lowest BCUT2D eigenvalue weighted by Crippen LogP contribution is -2.48. The quantitative estimate of drug-likeness (QED) is 0.831. The van der Waals surface area contributed by atoms with Gasteiger partial charge in [-0.05, 0) is 25.1 Å². The number of halogens is 1. The van der Waals surface area contributed by atoms with E-state index >= 15 is 0 Å². The lowest BCUT2D eigenvalue weighted by Gasteiger charge is -2.34. The average Bonchev–Trinajstić information content (AvgIpc) is 2.48. The summed E-state index contributed by atoms with van der Waals surface area (Å²) >= 11 is 3.49. The molecule has 0 aromatic heterocycles. The number of nitrogens with zero attached hydrogens (tertiary/aromatic N) is 2. The van der Waals surface area contributed by atoms with Gasteiger partial charge in [0.15, 0.2) is 0 Å². The SMILES string of the molecule is CCOC(=O)N1CCN(Cc2cc(Br)ccc2OC)CC1. The summed E-state index contributed by atoms with van der Waals surface area (Å²) in [5, 5.41) is 0. The van der Waals surface area contributed by atoms with Gasteiger partial charge in [0.2, 0.25) is 0 Å². The predicted octanol–water partition coefficient (Wildman–Crippen LogP) is 2.73. The Morgan fingerprint density at radius 2 is 2.00 bits per heavy atom. The van der Waals surface area contributed by atoms with Crippen LogP contribution < -0.4 is 4.74 Å². The van der Waals surface area contributed by atoms with Crippen molar-refractivity contribution in [1.82, 2.24) is 9.80 Å². The number of ether oxygens (including phenoxy) is 2. The van der Waals surface area contributed by atoms with E-state index in [9.17, 15) is 4.79 Å². The molecule has 1 fully saturated rings. The molecule has 1 aromatic rings. The van der Waals surface area contributed by atoms with Crippen molar-refractivity contribution in [2.75, 3.05) is 39.9 Å². The topological polar surface area (TPSA) is 42.0 Å². The Labute approximate surface area is 133 Å². The molecule has 1 aliphatic heterocycles. The van der Waals surface area contributed by atoms with Crippen LogP contribution in [0.2, 0.25) is 0 Å². The number of carbonyl (C=O) groups excluding carboxylic acids is 1. The molecule has 1 heterocycles. The van der Waals surface area contributed by atoms with Crippen molar-refractivity contribution >= 4 is 22.0 Å². The fourth-order valence-corrected chi connectivity index (χ4v) is 2.82. The van der Waals surface area contributed by atoms with E-state index in [-0.39, 0.29) is 6.09 Å². The first-order chi connectivity index (χ1) is 10.1. The Bertz CT molecular complexity index is 488. The van der Waals surface area contributed by atoms with Gasteiger partial charge in [-0.15, -0.1) is 0 Å². The van der Waals surface area contributed by atoms with Gasteiger partial charge in [-0.3, -0.25) is 4.90 Å². The van der Waals surface area contributed by atoms with E-state index in [2.05, 4.69) is 26.9 Å². The Morgan fingerprint density at radius 1 is 1.29 bits per heavy atom. The van der Waals surface area contributed by atoms with Gasteiger partial charge in [-0.1, -0.05) is 15.9 Å². The first kappa shape index (κ1) is 16.1. The second-order valence-electron chi connectivity index (χ2n) is 4.92. The van der Waals surface area contributed by atoms with E-state index in [0.29, 0.717) is 19.7 Å². The minimum atomic E-state index is -0.211. The summed E-state index contributed by atoms with van der Waals surface area (Å²) in [4.78, 5) is 15.7. The van der Waals surface area contributed by atoms with E-state index < -0.39 is 0 Å². The van der Waals surface area contributed by atoms with Crippen LogP contribution in [0.5, 0.6) is 5.75 Å². The molecule has 0 bridgehead atoms. The standard InChI is InChI=1S/C15H21BrN2O3/c1-3-21-15(19)18-8-6-17(7-9-18)11-12-10-13(16)4-5-14(12)20-2/h4-5,10H,3,6-9,11H2,1-2H3. The predicted molar refractivity (Wildman–Crippen MR) is 84.6 cm³/mol. The van der Waals surface area contributed by atoms with Crippen LogP contribution in [-0.4, -0.2) is 55.8 Å². The first-order valence-electron chi connectivity index (χ1n) is 7.10. The van der Waals surface area contributed by atoms with Crippen molar-refractivity contribution < 1.29 is 14.3 Å². The maximum absolute atomic E-state index is 11.7. The molecule has 1 aromatic carbocycles. The molecule has 1 amide bonds. The number of amides is 1. The van der Waals surface area contributed by atoms with Crippen LogP contribution >= 0.6 is 15.9 Å². The molecule has 21 heavy (non-hydrogen) atoms. The normalized spacial score (nSPS) is 15.9. The molecule has 0 aliphatic carbocycles. The van der Waals surface area contributed by atoms with Gasteiger partial charge in [0, 0.05) is 42.8 Å². The lowest BCUT2D eigenvalue weighted by molar-refractivity contribution is 0.0776. The molecule has 0 saturated carbocycles. The summed E-state index contributed by atoms with van der Waals surface area (Å²) in [7, 11) is 1.69. The lowest BCUT2D eigenvalue weighted by atomic mass is 10.1. The van der Waals surface area contributed by atoms with E-state index in [0.717, 1.165) is 35.4 Å². The van der Waals surface area contributed by atoms with Crippen LogP contribution in [0.4, 0.5) is 4.79 Å². The highest BCUT2D eigenvalue weighted by molar-refractivity contribution is 9.10. The Kier molecular flexibility index (Phi) is 5.87. The molecule has 0 spiro atoms. The average molecular weight is 357 g/mol. The fraction of sp³-hybridized carbons (Fsp3) is 0.533. The van der Waals surface area contributed by atoms with Crippen molar-refractivity contribution in [1.29, 1.82) is 0 Å². The van der Waals surface area contributed by atoms with Crippen molar-refractivity contribution in [3.8, 4) is 5.75 Å². The molecule has 0 unspecified atom stereocenters. The molecule has 0 N–H and O–H groups in total. The first-order valence-corrected chi connectivity index (χ1v) is 7.89. The van der Waals surface area contributed by atoms with Crippen molar-refractivity contribution in [2.45, 2.75) is 13.5 Å². The Balaban J connectivity index is 1.92. The van der Waals surface area contributed by atoms with Crippen LogP contribution in [0.3, 0.4) is 0 Å². The van der Waals surface area contributed by atoms with Crippen molar-refractivity contribution in [3.05, 3.63) is 28.2 Å². The van der Waals surface area contributed by atoms with Gasteiger partial charge >= 0.3 is 6.09 Å². The number of carbonyl (C=O) groups is 1. The molecule has 0 atom stereocenters. The fourth-order valence-electron chi connectivity index (χ4n) is 2.41. The van der Waals surface area contributed by atoms with Crippen molar-refractivity contribution in [3.63, 3.8) is 0 Å². The van der Waals surface area contributed by atoms with Gasteiger partial charge < -0.3 is 14.4 Å². The van der Waals surface area contributed by atoms with Gasteiger partial charge in [0.25, 0.3) is 0 Å². The molecule has 1 aliphatic rings. The summed E-state index contributed by atoms with van der Waals surface area (Å²) in [5.74, 6) is 0.894.